The summed E-state index contributed by atoms with van der Waals surface area (Å²) in [6.07, 6.45) is 3.60. The molecule has 1 amide bonds. The quantitative estimate of drug-likeness (QED) is 0.479. The van der Waals surface area contributed by atoms with Gasteiger partial charge in [-0.05, 0) is 48.2 Å². The second kappa shape index (κ2) is 9.31. The molecule has 3 N–H and O–H groups in total. The van der Waals surface area contributed by atoms with Crippen LogP contribution in [0.1, 0.15) is 24.5 Å². The monoisotopic (exact) mass is 436 g/mol. The van der Waals surface area contributed by atoms with Gasteiger partial charge < -0.3 is 10.3 Å². The van der Waals surface area contributed by atoms with Crippen molar-refractivity contribution in [2.75, 3.05) is 5.75 Å². The number of sulfonamides is 1. The highest BCUT2D eigenvalue weighted by molar-refractivity contribution is 7.89. The van der Waals surface area contributed by atoms with Gasteiger partial charge in [-0.1, -0.05) is 13.0 Å². The molecule has 1 aromatic carbocycles. The van der Waals surface area contributed by atoms with E-state index in [-0.39, 0.29) is 18.7 Å². The van der Waals surface area contributed by atoms with Crippen molar-refractivity contribution in [1.82, 2.24) is 20.0 Å². The largest absolute Gasteiger partial charge is 0.351 e. The van der Waals surface area contributed by atoms with Crippen LogP contribution >= 0.6 is 0 Å². The van der Waals surface area contributed by atoms with E-state index >= 15 is 0 Å². The first kappa shape index (κ1) is 21.8. The molecular formula is C20H22F2N4O3S. The fourth-order valence-corrected chi connectivity index (χ4v) is 4.31. The third-order valence-corrected chi connectivity index (χ3v) is 6.05. The number of pyridine rings is 1. The summed E-state index contributed by atoms with van der Waals surface area (Å²) in [5.41, 5.74) is 1.75. The molecule has 0 unspecified atom stereocenters. The highest BCUT2D eigenvalue weighted by atomic mass is 32.2. The van der Waals surface area contributed by atoms with Crippen LogP contribution in [0.25, 0.3) is 11.0 Å². The highest BCUT2D eigenvalue weighted by Crippen LogP contribution is 2.13. The number of carbonyl (C=O) groups is 1. The maximum atomic E-state index is 13.5. The van der Waals surface area contributed by atoms with E-state index in [2.05, 4.69) is 20.0 Å². The molecule has 0 radical (unpaired) electrons. The van der Waals surface area contributed by atoms with E-state index in [1.807, 2.05) is 12.1 Å². The lowest BCUT2D eigenvalue weighted by molar-refractivity contribution is -0.122. The number of aromatic nitrogens is 2. The number of hydrogen-bond acceptors (Lipinski definition) is 4. The van der Waals surface area contributed by atoms with Crippen LogP contribution in [0, 0.1) is 11.6 Å². The van der Waals surface area contributed by atoms with Gasteiger partial charge in [-0.15, -0.1) is 0 Å². The summed E-state index contributed by atoms with van der Waals surface area (Å²) in [5.74, 6) is -2.80. The van der Waals surface area contributed by atoms with Crippen LogP contribution in [0.2, 0.25) is 0 Å². The second-order valence-electron chi connectivity index (χ2n) is 6.92. The van der Waals surface area contributed by atoms with Gasteiger partial charge in [0.2, 0.25) is 15.9 Å². The number of amides is 1. The highest BCUT2D eigenvalue weighted by Gasteiger charge is 2.24. The van der Waals surface area contributed by atoms with Crippen LogP contribution in [0.5, 0.6) is 0 Å². The average Bonchev–Trinajstić information content (AvgIpc) is 3.16. The fourth-order valence-electron chi connectivity index (χ4n) is 3.03. The van der Waals surface area contributed by atoms with Gasteiger partial charge in [0, 0.05) is 24.3 Å². The topological polar surface area (TPSA) is 104 Å². The number of hydrogen-bond donors (Lipinski definition) is 3. The molecule has 0 saturated heterocycles. The smallest absolute Gasteiger partial charge is 0.238 e. The Balaban J connectivity index is 1.74. The van der Waals surface area contributed by atoms with Gasteiger partial charge in [0.25, 0.3) is 0 Å². The Morgan fingerprint density at radius 3 is 2.70 bits per heavy atom. The van der Waals surface area contributed by atoms with Gasteiger partial charge in [-0.2, -0.15) is 0 Å². The molecule has 0 aliphatic carbocycles. The molecule has 0 bridgehead atoms. The molecule has 0 aliphatic rings. The van der Waals surface area contributed by atoms with Crippen molar-refractivity contribution in [2.45, 2.75) is 32.4 Å². The summed E-state index contributed by atoms with van der Waals surface area (Å²) in [6.45, 7) is 1.84. The summed E-state index contributed by atoms with van der Waals surface area (Å²) in [6, 6.07) is 5.74. The van der Waals surface area contributed by atoms with E-state index in [4.69, 9.17) is 0 Å². The fraction of sp³-hybridized carbons (Fsp3) is 0.300. The van der Waals surface area contributed by atoms with E-state index in [0.29, 0.717) is 17.6 Å². The number of fused-ring (bicyclic) bond motifs is 1. The SMILES string of the molecule is CCCS(=O)(=O)N[C@@H](Cc1ccc(F)c(F)c1)C(=O)NCc1cnc2[nH]ccc2c1. The summed E-state index contributed by atoms with van der Waals surface area (Å²) in [7, 11) is -3.71. The Bertz CT molecular complexity index is 1150. The van der Waals surface area contributed by atoms with Crippen LogP contribution in [-0.2, 0) is 27.8 Å². The minimum absolute atomic E-state index is 0.124. The second-order valence-corrected chi connectivity index (χ2v) is 8.79. The minimum Gasteiger partial charge on any atom is -0.351 e. The first-order valence-corrected chi connectivity index (χ1v) is 11.1. The van der Waals surface area contributed by atoms with Gasteiger partial charge in [0.15, 0.2) is 11.6 Å². The Morgan fingerprint density at radius 1 is 1.17 bits per heavy atom. The molecule has 3 rings (SSSR count). The van der Waals surface area contributed by atoms with Gasteiger partial charge in [-0.25, -0.2) is 26.9 Å². The van der Waals surface area contributed by atoms with Crippen molar-refractivity contribution in [3.63, 3.8) is 0 Å². The van der Waals surface area contributed by atoms with Crippen molar-refractivity contribution in [1.29, 1.82) is 0 Å². The van der Waals surface area contributed by atoms with Gasteiger partial charge >= 0.3 is 0 Å². The zero-order valence-corrected chi connectivity index (χ0v) is 17.1. The van der Waals surface area contributed by atoms with E-state index < -0.39 is 33.6 Å². The van der Waals surface area contributed by atoms with Gasteiger partial charge in [-0.3, -0.25) is 4.79 Å². The Hall–Kier alpha value is -2.85. The lowest BCUT2D eigenvalue weighted by atomic mass is 10.1. The normalized spacial score (nSPS) is 12.8. The molecule has 0 aliphatic heterocycles. The number of rotatable bonds is 9. The maximum Gasteiger partial charge on any atom is 0.238 e. The standard InChI is InChI=1S/C20H22F2N4O3S/c1-2-7-30(28,29)26-18(10-13-3-4-16(21)17(22)9-13)20(27)25-12-14-8-15-5-6-23-19(15)24-11-14/h3-6,8-9,11,18,26H,2,7,10,12H2,1H3,(H,23,24)(H,25,27)/t18-/m0/s1. The first-order valence-electron chi connectivity index (χ1n) is 9.41. The van der Waals surface area contributed by atoms with Crippen LogP contribution in [0.3, 0.4) is 0 Å². The molecule has 2 aromatic heterocycles. The summed E-state index contributed by atoms with van der Waals surface area (Å²) in [5, 5.41) is 3.56. The molecular weight excluding hydrogens is 414 g/mol. The third-order valence-electron chi connectivity index (χ3n) is 4.46. The molecule has 0 fully saturated rings. The Kier molecular flexibility index (Phi) is 6.78. The van der Waals surface area contributed by atoms with E-state index in [1.165, 1.54) is 6.07 Å². The number of nitrogens with one attached hydrogen (secondary N) is 3. The van der Waals surface area contributed by atoms with E-state index in [1.54, 1.807) is 19.3 Å². The first-order chi connectivity index (χ1) is 14.3. The molecule has 3 aromatic rings. The van der Waals surface area contributed by atoms with Crippen LogP contribution in [0.15, 0.2) is 42.7 Å². The number of carbonyl (C=O) groups excluding carboxylic acids is 1. The zero-order valence-electron chi connectivity index (χ0n) is 16.3. The number of nitrogens with zero attached hydrogens (tertiary/aromatic N) is 1. The zero-order chi connectivity index (χ0) is 21.7. The third kappa shape index (κ3) is 5.61. The van der Waals surface area contributed by atoms with Crippen molar-refractivity contribution >= 4 is 27.0 Å². The molecule has 160 valence electrons. The van der Waals surface area contributed by atoms with Crippen molar-refractivity contribution in [3.05, 3.63) is 65.5 Å². The molecule has 30 heavy (non-hydrogen) atoms. The number of halogens is 2. The van der Waals surface area contributed by atoms with Crippen LogP contribution in [-0.4, -0.2) is 36.1 Å². The van der Waals surface area contributed by atoms with Gasteiger partial charge in [0.1, 0.15) is 11.7 Å². The molecule has 1 atom stereocenters. The molecule has 10 heteroatoms. The van der Waals surface area contributed by atoms with E-state index in [9.17, 15) is 22.0 Å². The van der Waals surface area contributed by atoms with Crippen molar-refractivity contribution in [2.24, 2.45) is 0 Å². The summed E-state index contributed by atoms with van der Waals surface area (Å²) < 4.78 is 53.5. The molecule has 2 heterocycles. The molecule has 0 spiro atoms. The lowest BCUT2D eigenvalue weighted by Gasteiger charge is -2.19. The Morgan fingerprint density at radius 2 is 1.97 bits per heavy atom. The van der Waals surface area contributed by atoms with Crippen LogP contribution in [0.4, 0.5) is 8.78 Å². The lowest BCUT2D eigenvalue weighted by Crippen LogP contribution is -2.48. The number of benzene rings is 1. The van der Waals surface area contributed by atoms with Gasteiger partial charge in [0.05, 0.1) is 5.75 Å². The molecule has 7 nitrogen and oxygen atoms in total. The summed E-state index contributed by atoms with van der Waals surface area (Å²) >= 11 is 0. The predicted octanol–water partition coefficient (Wildman–Crippen LogP) is 2.40. The Labute approximate surface area is 173 Å². The van der Waals surface area contributed by atoms with E-state index in [0.717, 1.165) is 23.1 Å². The maximum absolute atomic E-state index is 13.5. The van der Waals surface area contributed by atoms with Crippen LogP contribution < -0.4 is 10.0 Å². The number of aromatic amines is 1. The average molecular weight is 436 g/mol. The number of H-pyrrole nitrogens is 1. The van der Waals surface area contributed by atoms with Crippen molar-refractivity contribution in [3.8, 4) is 0 Å². The summed E-state index contributed by atoms with van der Waals surface area (Å²) in [4.78, 5) is 19.9. The minimum atomic E-state index is -3.71. The van der Waals surface area contributed by atoms with Crippen molar-refractivity contribution < 1.29 is 22.0 Å². The molecule has 0 saturated carbocycles. The predicted molar refractivity (Wildman–Crippen MR) is 109 cm³/mol.